The topological polar surface area (TPSA) is 145 Å². The van der Waals surface area contributed by atoms with Crippen molar-refractivity contribution in [2.45, 2.75) is 64.0 Å². The first-order valence-corrected chi connectivity index (χ1v) is 21.1. The van der Waals surface area contributed by atoms with E-state index < -0.39 is 17.9 Å². The second-order valence-corrected chi connectivity index (χ2v) is 17.3. The van der Waals surface area contributed by atoms with Crippen molar-refractivity contribution in [1.82, 2.24) is 25.4 Å². The van der Waals surface area contributed by atoms with E-state index in [0.29, 0.717) is 22.5 Å². The molecule has 5 fully saturated rings. The Labute approximate surface area is 345 Å². The third kappa shape index (κ3) is 8.64. The molecule has 5 aliphatic heterocycles. The Bertz CT molecular complexity index is 2050. The van der Waals surface area contributed by atoms with Crippen molar-refractivity contribution in [3.63, 3.8) is 0 Å². The molecule has 0 radical (unpaired) electrons. The number of amides is 4. The fourth-order valence-electron chi connectivity index (χ4n) is 9.68. The second kappa shape index (κ2) is 17.0. The molecule has 2 N–H and O–H groups in total. The van der Waals surface area contributed by atoms with Gasteiger partial charge in [-0.1, -0.05) is 11.6 Å². The average molecular weight is 806 g/mol. The summed E-state index contributed by atoms with van der Waals surface area (Å²) >= 11 is 6.38. The molecule has 14 heteroatoms. The Morgan fingerprint density at radius 2 is 1.59 bits per heavy atom. The van der Waals surface area contributed by atoms with Gasteiger partial charge in [0, 0.05) is 94.8 Å². The van der Waals surface area contributed by atoms with Gasteiger partial charge in [0.25, 0.3) is 11.8 Å². The first kappa shape index (κ1) is 39.6. The highest BCUT2D eigenvalue weighted by Gasteiger charge is 2.44. The SMILES string of the molecule is C[C@@H]1CC2(CCN(c3ccc(C(=O)N4CCC(CN5CCN(c6ccc(C(=O)NC7CCC(=O)NC7=O)nc6)CC5)CC4)cc3)CC2)CN1c1ccc(C#N)c(Cl)c1. The summed E-state index contributed by atoms with van der Waals surface area (Å²) in [5.41, 5.74) is 5.00. The molecule has 1 aromatic heterocycles. The summed E-state index contributed by atoms with van der Waals surface area (Å²) < 4.78 is 0. The number of carbonyl (C=O) groups excluding carboxylic acids is 4. The molecule has 0 aliphatic carbocycles. The standard InChI is InChI=1S/C44H52ClN9O4/c1-30-25-44(29-54(30)35-7-4-33(26-46)37(45)24-35)14-18-51(19-15-44)34-5-2-32(3-6-34)43(58)53-16-12-31(13-17-53)28-50-20-22-52(23-21-50)36-8-9-38(47-27-36)41(56)48-39-10-11-40(55)49-42(39)57/h2-9,24,27,30-31,39H,10-23,25,28-29H2,1H3,(H,48,56)(H,49,55,57)/t30-,39?/m1/s1. The first-order chi connectivity index (χ1) is 28.1. The summed E-state index contributed by atoms with van der Waals surface area (Å²) in [5.74, 6) is -0.561. The van der Waals surface area contributed by atoms with Crippen molar-refractivity contribution < 1.29 is 19.2 Å². The average Bonchev–Trinajstić information content (AvgIpc) is 3.57. The van der Waals surface area contributed by atoms with E-state index in [0.717, 1.165) is 114 Å². The molecule has 13 nitrogen and oxygen atoms in total. The first-order valence-electron chi connectivity index (χ1n) is 20.7. The third-order valence-electron chi connectivity index (χ3n) is 13.2. The van der Waals surface area contributed by atoms with E-state index in [-0.39, 0.29) is 35.8 Å². The van der Waals surface area contributed by atoms with Gasteiger partial charge in [0.1, 0.15) is 17.8 Å². The number of hydrogen-bond acceptors (Lipinski definition) is 10. The van der Waals surface area contributed by atoms with Crippen LogP contribution in [0, 0.1) is 22.7 Å². The zero-order valence-corrected chi connectivity index (χ0v) is 33.9. The van der Waals surface area contributed by atoms with E-state index in [4.69, 9.17) is 11.6 Å². The lowest BCUT2D eigenvalue weighted by Gasteiger charge is -2.40. The van der Waals surface area contributed by atoms with Gasteiger partial charge in [-0.05, 0) is 111 Å². The van der Waals surface area contributed by atoms with Crippen LogP contribution in [0.2, 0.25) is 5.02 Å². The van der Waals surface area contributed by atoms with Gasteiger partial charge in [0.05, 0.1) is 22.5 Å². The number of pyridine rings is 1. The van der Waals surface area contributed by atoms with E-state index >= 15 is 0 Å². The van der Waals surface area contributed by atoms with Crippen molar-refractivity contribution in [2.75, 3.05) is 80.1 Å². The van der Waals surface area contributed by atoms with Crippen LogP contribution in [0.15, 0.2) is 60.8 Å². The third-order valence-corrected chi connectivity index (χ3v) is 13.5. The fraction of sp³-hybridized carbons (Fsp3) is 0.500. The number of hydrogen-bond donors (Lipinski definition) is 2. The van der Waals surface area contributed by atoms with Gasteiger partial charge in [-0.15, -0.1) is 0 Å². The summed E-state index contributed by atoms with van der Waals surface area (Å²) in [6.07, 6.45) is 7.58. The number of imide groups is 1. The monoisotopic (exact) mass is 805 g/mol. The molecular weight excluding hydrogens is 754 g/mol. The molecule has 6 heterocycles. The molecule has 304 valence electrons. The number of aromatic nitrogens is 1. The molecule has 5 saturated heterocycles. The Morgan fingerprint density at radius 3 is 2.24 bits per heavy atom. The number of nitrogens with one attached hydrogen (secondary N) is 2. The maximum atomic E-state index is 13.5. The molecule has 1 spiro atoms. The van der Waals surface area contributed by atoms with Crippen LogP contribution in [0.5, 0.6) is 0 Å². The molecule has 0 saturated carbocycles. The number of piperazine rings is 1. The smallest absolute Gasteiger partial charge is 0.270 e. The van der Waals surface area contributed by atoms with Gasteiger partial charge in [0.2, 0.25) is 11.8 Å². The lowest BCUT2D eigenvalue weighted by molar-refractivity contribution is -0.134. The second-order valence-electron chi connectivity index (χ2n) is 16.9. The minimum Gasteiger partial charge on any atom is -0.371 e. The van der Waals surface area contributed by atoms with Gasteiger partial charge in [-0.25, -0.2) is 4.98 Å². The van der Waals surface area contributed by atoms with Crippen LogP contribution < -0.4 is 25.3 Å². The van der Waals surface area contributed by atoms with Crippen molar-refractivity contribution in [3.05, 3.63) is 82.6 Å². The van der Waals surface area contributed by atoms with E-state index in [2.05, 4.69) is 60.3 Å². The van der Waals surface area contributed by atoms with Gasteiger partial charge in [-0.3, -0.25) is 29.4 Å². The van der Waals surface area contributed by atoms with Crippen LogP contribution in [0.1, 0.15) is 78.3 Å². The molecule has 8 rings (SSSR count). The van der Waals surface area contributed by atoms with Crippen LogP contribution >= 0.6 is 11.6 Å². The van der Waals surface area contributed by atoms with Crippen LogP contribution in [-0.2, 0) is 9.59 Å². The number of piperidine rings is 3. The zero-order valence-electron chi connectivity index (χ0n) is 33.2. The number of rotatable bonds is 8. The Morgan fingerprint density at radius 1 is 0.897 bits per heavy atom. The highest BCUT2D eigenvalue weighted by Crippen LogP contribution is 2.46. The molecular formula is C44H52ClN9O4. The molecule has 4 amide bonds. The Kier molecular flexibility index (Phi) is 11.6. The maximum absolute atomic E-state index is 13.5. The normalized spacial score (nSPS) is 22.8. The Hall–Kier alpha value is -5.19. The summed E-state index contributed by atoms with van der Waals surface area (Å²) in [5, 5.41) is 14.7. The van der Waals surface area contributed by atoms with E-state index in [9.17, 15) is 24.4 Å². The molecule has 2 aromatic carbocycles. The van der Waals surface area contributed by atoms with Crippen molar-refractivity contribution in [2.24, 2.45) is 11.3 Å². The molecule has 58 heavy (non-hydrogen) atoms. The van der Waals surface area contributed by atoms with Gasteiger partial charge in [-0.2, -0.15) is 5.26 Å². The highest BCUT2D eigenvalue weighted by atomic mass is 35.5. The number of nitrogens with zero attached hydrogens (tertiary/aromatic N) is 7. The van der Waals surface area contributed by atoms with Crippen LogP contribution in [-0.4, -0.2) is 116 Å². The summed E-state index contributed by atoms with van der Waals surface area (Å²) in [4.78, 5) is 65.7. The van der Waals surface area contributed by atoms with Gasteiger partial charge >= 0.3 is 0 Å². The molecule has 0 bridgehead atoms. The maximum Gasteiger partial charge on any atom is 0.270 e. The predicted octanol–water partition coefficient (Wildman–Crippen LogP) is 4.70. The lowest BCUT2D eigenvalue weighted by Crippen LogP contribution is -2.52. The number of halogens is 1. The zero-order chi connectivity index (χ0) is 40.4. The summed E-state index contributed by atoms with van der Waals surface area (Å²) in [7, 11) is 0. The quantitative estimate of drug-likeness (QED) is 0.308. The lowest BCUT2D eigenvalue weighted by atomic mass is 9.76. The minimum atomic E-state index is -0.732. The van der Waals surface area contributed by atoms with E-state index in [1.54, 1.807) is 12.3 Å². The van der Waals surface area contributed by atoms with Crippen LogP contribution in [0.4, 0.5) is 17.1 Å². The summed E-state index contributed by atoms with van der Waals surface area (Å²) in [6, 6.07) is 19.4. The number of likely N-dealkylation sites (tertiary alicyclic amines) is 1. The number of nitriles is 1. The van der Waals surface area contributed by atoms with Gasteiger partial charge in [0.15, 0.2) is 0 Å². The van der Waals surface area contributed by atoms with Crippen molar-refractivity contribution in [3.8, 4) is 6.07 Å². The largest absolute Gasteiger partial charge is 0.371 e. The van der Waals surface area contributed by atoms with Crippen LogP contribution in [0.3, 0.4) is 0 Å². The molecule has 1 unspecified atom stereocenters. The van der Waals surface area contributed by atoms with E-state index in [1.165, 1.54) is 5.69 Å². The van der Waals surface area contributed by atoms with Crippen LogP contribution in [0.25, 0.3) is 0 Å². The number of benzene rings is 2. The summed E-state index contributed by atoms with van der Waals surface area (Å²) in [6.45, 7) is 11.5. The number of carbonyl (C=O) groups is 4. The molecule has 5 aliphatic rings. The minimum absolute atomic E-state index is 0.118. The fourth-order valence-corrected chi connectivity index (χ4v) is 9.90. The number of anilines is 3. The predicted molar refractivity (Wildman–Crippen MR) is 223 cm³/mol. The molecule has 2 atom stereocenters. The van der Waals surface area contributed by atoms with Crippen molar-refractivity contribution >= 4 is 52.3 Å². The Balaban J connectivity index is 0.749. The van der Waals surface area contributed by atoms with E-state index in [1.807, 2.05) is 41.3 Å². The highest BCUT2D eigenvalue weighted by molar-refractivity contribution is 6.32. The molecule has 3 aromatic rings. The van der Waals surface area contributed by atoms with Crippen molar-refractivity contribution in [1.29, 1.82) is 5.26 Å². The van der Waals surface area contributed by atoms with Gasteiger partial charge < -0.3 is 24.9 Å².